The van der Waals surface area contributed by atoms with E-state index in [0.717, 1.165) is 6.07 Å². The van der Waals surface area contributed by atoms with Gasteiger partial charge in [0, 0.05) is 5.02 Å². The minimum absolute atomic E-state index is 0.0270. The number of halogens is 4. The SMILES string of the molecule is O=C(O)c1cc(Cl)ccc1Cl.O=C(O)c1ccc(F)c(Br)c1. The van der Waals surface area contributed by atoms with Crippen molar-refractivity contribution in [3.05, 3.63) is 67.9 Å². The maximum absolute atomic E-state index is 12.5. The molecule has 0 amide bonds. The van der Waals surface area contributed by atoms with E-state index in [2.05, 4.69) is 15.9 Å². The lowest BCUT2D eigenvalue weighted by Gasteiger charge is -1.97. The third-order valence-electron chi connectivity index (χ3n) is 2.33. The predicted molar refractivity (Wildman–Crippen MR) is 84.5 cm³/mol. The van der Waals surface area contributed by atoms with Crippen LogP contribution in [0.25, 0.3) is 0 Å². The van der Waals surface area contributed by atoms with Crippen LogP contribution in [-0.2, 0) is 0 Å². The number of aromatic carboxylic acids is 2. The molecule has 8 heteroatoms. The molecule has 0 radical (unpaired) electrons. The van der Waals surface area contributed by atoms with E-state index in [0.29, 0.717) is 5.02 Å². The van der Waals surface area contributed by atoms with Gasteiger partial charge in [-0.05, 0) is 52.3 Å². The molecule has 22 heavy (non-hydrogen) atoms. The van der Waals surface area contributed by atoms with Crippen molar-refractivity contribution in [2.75, 3.05) is 0 Å². The van der Waals surface area contributed by atoms with Gasteiger partial charge in [-0.15, -0.1) is 0 Å². The fraction of sp³-hybridized carbons (Fsp3) is 0. The van der Waals surface area contributed by atoms with Crippen LogP contribution in [0.1, 0.15) is 20.7 Å². The summed E-state index contributed by atoms with van der Waals surface area (Å²) >= 11 is 14.0. The maximum atomic E-state index is 12.5. The number of carboxylic acids is 2. The molecule has 2 rings (SSSR count). The van der Waals surface area contributed by atoms with Crippen LogP contribution in [0.3, 0.4) is 0 Å². The van der Waals surface area contributed by atoms with Crippen molar-refractivity contribution in [1.82, 2.24) is 0 Å². The molecule has 0 saturated heterocycles. The van der Waals surface area contributed by atoms with Crippen molar-refractivity contribution in [2.45, 2.75) is 0 Å². The van der Waals surface area contributed by atoms with Crippen LogP contribution in [0, 0.1) is 5.82 Å². The largest absolute Gasteiger partial charge is 0.478 e. The molecule has 0 heterocycles. The van der Waals surface area contributed by atoms with Crippen LogP contribution in [0.4, 0.5) is 4.39 Å². The Morgan fingerprint density at radius 1 is 1.00 bits per heavy atom. The van der Waals surface area contributed by atoms with E-state index in [1.807, 2.05) is 0 Å². The summed E-state index contributed by atoms with van der Waals surface area (Å²) in [4.78, 5) is 20.8. The molecule has 0 spiro atoms. The highest BCUT2D eigenvalue weighted by Crippen LogP contribution is 2.20. The molecule has 0 fully saturated rings. The van der Waals surface area contributed by atoms with Crippen molar-refractivity contribution in [3.63, 3.8) is 0 Å². The van der Waals surface area contributed by atoms with Crippen LogP contribution in [-0.4, -0.2) is 22.2 Å². The lowest BCUT2D eigenvalue weighted by Crippen LogP contribution is -1.96. The van der Waals surface area contributed by atoms with Gasteiger partial charge in [-0.3, -0.25) is 0 Å². The molecule has 0 aromatic heterocycles. The molecule has 0 saturated carbocycles. The summed E-state index contributed by atoms with van der Waals surface area (Å²) in [5.74, 6) is -2.60. The highest BCUT2D eigenvalue weighted by Gasteiger charge is 2.07. The summed E-state index contributed by atoms with van der Waals surface area (Å²) in [5.41, 5.74) is 0.0949. The van der Waals surface area contributed by atoms with Crippen LogP contribution in [0.5, 0.6) is 0 Å². The molecule has 0 bridgehead atoms. The molecular formula is C14H8BrCl2FO4. The van der Waals surface area contributed by atoms with Crippen LogP contribution in [0.2, 0.25) is 10.0 Å². The first-order valence-electron chi connectivity index (χ1n) is 5.59. The van der Waals surface area contributed by atoms with Crippen molar-refractivity contribution in [3.8, 4) is 0 Å². The van der Waals surface area contributed by atoms with Crippen LogP contribution >= 0.6 is 39.1 Å². The van der Waals surface area contributed by atoms with Gasteiger partial charge in [0.05, 0.1) is 20.6 Å². The first-order chi connectivity index (χ1) is 10.2. The zero-order valence-corrected chi connectivity index (χ0v) is 13.8. The Labute approximate surface area is 143 Å². The molecule has 0 aliphatic rings. The second kappa shape index (κ2) is 8.12. The minimum Gasteiger partial charge on any atom is -0.478 e. The Hall–Kier alpha value is -1.63. The molecule has 116 valence electrons. The van der Waals surface area contributed by atoms with Gasteiger partial charge >= 0.3 is 11.9 Å². The molecular weight excluding hydrogens is 402 g/mol. The summed E-state index contributed by atoms with van der Waals surface area (Å²) in [7, 11) is 0. The summed E-state index contributed by atoms with van der Waals surface area (Å²) in [6.07, 6.45) is 0. The van der Waals surface area contributed by atoms with Gasteiger partial charge in [0.2, 0.25) is 0 Å². The van der Waals surface area contributed by atoms with E-state index >= 15 is 0 Å². The predicted octanol–water partition coefficient (Wildman–Crippen LogP) is 4.98. The lowest BCUT2D eigenvalue weighted by molar-refractivity contribution is 0.0686. The number of carboxylic acid groups (broad SMARTS) is 2. The summed E-state index contributed by atoms with van der Waals surface area (Å²) in [5, 5.41) is 17.6. The van der Waals surface area contributed by atoms with Crippen molar-refractivity contribution < 1.29 is 24.2 Å². The van der Waals surface area contributed by atoms with Crippen molar-refractivity contribution >= 4 is 51.1 Å². The third kappa shape index (κ3) is 5.29. The lowest BCUT2D eigenvalue weighted by atomic mass is 10.2. The maximum Gasteiger partial charge on any atom is 0.337 e. The van der Waals surface area contributed by atoms with Gasteiger partial charge in [-0.1, -0.05) is 23.2 Å². The van der Waals surface area contributed by atoms with Crippen molar-refractivity contribution in [2.24, 2.45) is 0 Å². The highest BCUT2D eigenvalue weighted by molar-refractivity contribution is 9.10. The van der Waals surface area contributed by atoms with E-state index in [9.17, 15) is 14.0 Å². The average molecular weight is 410 g/mol. The normalized spacial score (nSPS) is 9.64. The Morgan fingerprint density at radius 3 is 2.09 bits per heavy atom. The standard InChI is InChI=1S/C7H4BrFO2.C7H4Cl2O2/c8-5-3-4(7(10)11)1-2-6(5)9;8-4-1-2-6(9)5(3-4)7(10)11/h2*1-3H,(H,10,11). The molecule has 0 atom stereocenters. The topological polar surface area (TPSA) is 74.6 Å². The number of benzene rings is 2. The fourth-order valence-electron chi connectivity index (χ4n) is 1.29. The van der Waals surface area contributed by atoms with Gasteiger partial charge < -0.3 is 10.2 Å². The molecule has 0 aliphatic heterocycles. The van der Waals surface area contributed by atoms with Crippen LogP contribution in [0.15, 0.2) is 40.9 Å². The molecule has 4 nitrogen and oxygen atoms in total. The Morgan fingerprint density at radius 2 is 1.64 bits per heavy atom. The third-order valence-corrected chi connectivity index (χ3v) is 3.50. The minimum atomic E-state index is -1.07. The first kappa shape index (κ1) is 18.4. The molecule has 2 aromatic carbocycles. The van der Waals surface area contributed by atoms with E-state index < -0.39 is 17.8 Å². The molecule has 2 N–H and O–H groups in total. The highest BCUT2D eigenvalue weighted by atomic mass is 79.9. The summed E-state index contributed by atoms with van der Waals surface area (Å²) in [6, 6.07) is 7.84. The van der Waals surface area contributed by atoms with Crippen molar-refractivity contribution in [1.29, 1.82) is 0 Å². The molecule has 0 aliphatic carbocycles. The van der Waals surface area contributed by atoms with E-state index in [-0.39, 0.29) is 20.6 Å². The van der Waals surface area contributed by atoms with Gasteiger partial charge in [-0.25, -0.2) is 14.0 Å². The van der Waals surface area contributed by atoms with Gasteiger partial charge in [0.25, 0.3) is 0 Å². The Kier molecular flexibility index (Phi) is 6.80. The second-order valence-corrected chi connectivity index (χ2v) is 5.56. The fourth-order valence-corrected chi connectivity index (χ4v) is 2.04. The van der Waals surface area contributed by atoms with Gasteiger partial charge in [0.15, 0.2) is 0 Å². The summed E-state index contributed by atoms with van der Waals surface area (Å²) < 4.78 is 12.7. The number of hydrogen-bond donors (Lipinski definition) is 2. The number of hydrogen-bond acceptors (Lipinski definition) is 2. The van der Waals surface area contributed by atoms with Gasteiger partial charge in [0.1, 0.15) is 5.82 Å². The average Bonchev–Trinajstić information content (AvgIpc) is 2.44. The Balaban J connectivity index is 0.000000220. The van der Waals surface area contributed by atoms with Gasteiger partial charge in [-0.2, -0.15) is 0 Å². The smallest absolute Gasteiger partial charge is 0.337 e. The quantitative estimate of drug-likeness (QED) is 0.733. The monoisotopic (exact) mass is 408 g/mol. The summed E-state index contributed by atoms with van der Waals surface area (Å²) in [6.45, 7) is 0. The van der Waals surface area contributed by atoms with E-state index in [1.54, 1.807) is 0 Å². The second-order valence-electron chi connectivity index (χ2n) is 3.86. The first-order valence-corrected chi connectivity index (χ1v) is 7.14. The Bertz CT molecular complexity index is 722. The zero-order chi connectivity index (χ0) is 16.9. The molecule has 0 unspecified atom stereocenters. The van der Waals surface area contributed by atoms with E-state index in [4.69, 9.17) is 33.4 Å². The molecule has 2 aromatic rings. The van der Waals surface area contributed by atoms with E-state index in [1.165, 1.54) is 30.3 Å². The van der Waals surface area contributed by atoms with Crippen LogP contribution < -0.4 is 0 Å². The number of carbonyl (C=O) groups is 2. The zero-order valence-electron chi connectivity index (χ0n) is 10.7. The number of rotatable bonds is 2.